The van der Waals surface area contributed by atoms with Crippen LogP contribution in [-0.2, 0) is 5.41 Å². The topological polar surface area (TPSA) is 13.1 Å². The molecule has 0 aliphatic heterocycles. The Kier molecular flexibility index (Phi) is 10.1. The number of rotatable bonds is 9. The monoisotopic (exact) mass is 967 g/mol. The van der Waals surface area contributed by atoms with Gasteiger partial charge in [0.25, 0.3) is 0 Å². The van der Waals surface area contributed by atoms with Gasteiger partial charge in [-0.15, -0.1) is 0 Å². The minimum atomic E-state index is -0.535. The molecule has 0 spiro atoms. The lowest BCUT2D eigenvalue weighted by atomic mass is 9.68. The molecule has 3 nitrogen and oxygen atoms in total. The summed E-state index contributed by atoms with van der Waals surface area (Å²) in [5.74, 6) is 0. The zero-order valence-corrected chi connectivity index (χ0v) is 41.6. The van der Waals surface area contributed by atoms with E-state index < -0.39 is 5.41 Å². The van der Waals surface area contributed by atoms with Gasteiger partial charge in [0.05, 0.1) is 33.2 Å². The first kappa shape index (κ1) is 43.6. The zero-order chi connectivity index (χ0) is 50.2. The largest absolute Gasteiger partial charge is 0.310 e. The molecule has 1 aliphatic carbocycles. The van der Waals surface area contributed by atoms with Gasteiger partial charge in [0, 0.05) is 49.9 Å². The Morgan fingerprint density at radius 3 is 1.12 bits per heavy atom. The first-order chi connectivity index (χ1) is 37.7. The number of para-hydroxylation sites is 4. The van der Waals surface area contributed by atoms with Crippen LogP contribution in [0, 0.1) is 0 Å². The second kappa shape index (κ2) is 17.6. The molecular formula is C73H49N3. The fraction of sp³-hybridized carbons (Fsp3) is 0.0137. The maximum Gasteiger partial charge on any atom is 0.0714 e. The minimum absolute atomic E-state index is 0.535. The van der Waals surface area contributed by atoms with Crippen molar-refractivity contribution in [1.29, 1.82) is 0 Å². The van der Waals surface area contributed by atoms with Crippen molar-refractivity contribution in [2.24, 2.45) is 0 Å². The minimum Gasteiger partial charge on any atom is -0.310 e. The van der Waals surface area contributed by atoms with Crippen molar-refractivity contribution in [2.75, 3.05) is 4.90 Å². The molecule has 3 heteroatoms. The van der Waals surface area contributed by atoms with Crippen LogP contribution < -0.4 is 4.90 Å². The van der Waals surface area contributed by atoms with Crippen LogP contribution in [0.3, 0.4) is 0 Å². The van der Waals surface area contributed by atoms with E-state index in [9.17, 15) is 0 Å². The van der Waals surface area contributed by atoms with Crippen molar-refractivity contribution in [3.63, 3.8) is 0 Å². The number of hydrogen-bond acceptors (Lipinski definition) is 1. The van der Waals surface area contributed by atoms with Crippen LogP contribution >= 0.6 is 0 Å². The number of benzene rings is 12. The summed E-state index contributed by atoms with van der Waals surface area (Å²) < 4.78 is 4.79. The molecule has 356 valence electrons. The molecule has 15 rings (SSSR count). The number of hydrogen-bond donors (Lipinski definition) is 0. The van der Waals surface area contributed by atoms with Crippen molar-refractivity contribution in [3.05, 3.63) is 320 Å². The molecule has 0 atom stereocenters. The maximum atomic E-state index is 2.47. The van der Waals surface area contributed by atoms with E-state index in [1.54, 1.807) is 0 Å². The molecule has 1 aliphatic rings. The quantitative estimate of drug-likeness (QED) is 0.140. The van der Waals surface area contributed by atoms with Crippen LogP contribution in [-0.4, -0.2) is 9.13 Å². The van der Waals surface area contributed by atoms with Crippen molar-refractivity contribution in [3.8, 4) is 44.8 Å². The third-order valence-electron chi connectivity index (χ3n) is 16.0. The maximum absolute atomic E-state index is 2.47. The van der Waals surface area contributed by atoms with Gasteiger partial charge in [-0.3, -0.25) is 0 Å². The second-order valence-electron chi connectivity index (χ2n) is 20.0. The molecule has 12 aromatic carbocycles. The molecule has 2 heterocycles. The van der Waals surface area contributed by atoms with E-state index in [0.717, 1.165) is 50.7 Å². The molecule has 76 heavy (non-hydrogen) atoms. The smallest absolute Gasteiger partial charge is 0.0714 e. The van der Waals surface area contributed by atoms with E-state index in [1.165, 1.54) is 77.0 Å². The van der Waals surface area contributed by atoms with Crippen LogP contribution in [0.1, 0.15) is 22.3 Å². The van der Waals surface area contributed by atoms with E-state index in [1.807, 2.05) is 0 Å². The molecule has 14 aromatic rings. The Morgan fingerprint density at radius 1 is 0.276 bits per heavy atom. The van der Waals surface area contributed by atoms with Gasteiger partial charge in [-0.2, -0.15) is 0 Å². The lowest BCUT2D eigenvalue weighted by Crippen LogP contribution is -2.28. The van der Waals surface area contributed by atoms with Crippen LogP contribution in [0.15, 0.2) is 297 Å². The molecule has 2 aromatic heterocycles. The van der Waals surface area contributed by atoms with Crippen LogP contribution in [0.25, 0.3) is 88.4 Å². The highest BCUT2D eigenvalue weighted by atomic mass is 15.1. The van der Waals surface area contributed by atoms with Gasteiger partial charge in [0.1, 0.15) is 0 Å². The standard InChI is InChI=1S/C73H49N3/c1-3-22-54(23-4-1)73(55-24-5-2-6-25-55)65-33-12-7-32-64(65)72-66(73)34-19-39-71(72)74(56-44-40-50(41-45-56)52-20-17-26-58(48-52)75-67-35-13-8-28-60(67)61-29-9-14-36-68(61)75)57-46-42-51(43-47-57)53-21-18-27-59(49-53)76-69-37-15-10-30-62(69)63-31-11-16-38-70(63)76/h1-49H. The van der Waals surface area contributed by atoms with Gasteiger partial charge in [-0.1, -0.05) is 218 Å². The Morgan fingerprint density at radius 2 is 0.658 bits per heavy atom. The average Bonchev–Trinajstić information content (AvgIpc) is 4.13. The van der Waals surface area contributed by atoms with Gasteiger partial charge < -0.3 is 14.0 Å². The van der Waals surface area contributed by atoms with Crippen molar-refractivity contribution in [2.45, 2.75) is 5.41 Å². The highest BCUT2D eigenvalue weighted by Gasteiger charge is 2.47. The van der Waals surface area contributed by atoms with E-state index in [-0.39, 0.29) is 0 Å². The van der Waals surface area contributed by atoms with E-state index in [2.05, 4.69) is 311 Å². The summed E-state index contributed by atoms with van der Waals surface area (Å²) >= 11 is 0. The second-order valence-corrected chi connectivity index (χ2v) is 20.0. The number of nitrogens with zero attached hydrogens (tertiary/aromatic N) is 3. The van der Waals surface area contributed by atoms with E-state index in [0.29, 0.717) is 0 Å². The summed E-state index contributed by atoms with van der Waals surface area (Å²) in [7, 11) is 0. The van der Waals surface area contributed by atoms with Gasteiger partial charge in [0.2, 0.25) is 0 Å². The highest BCUT2D eigenvalue weighted by molar-refractivity contribution is 6.10. The molecular weight excluding hydrogens is 919 g/mol. The van der Waals surface area contributed by atoms with Gasteiger partial charge in [0.15, 0.2) is 0 Å². The molecule has 0 N–H and O–H groups in total. The summed E-state index contributed by atoms with van der Waals surface area (Å²) in [5, 5.41) is 5.03. The van der Waals surface area contributed by atoms with Crippen LogP contribution in [0.5, 0.6) is 0 Å². The highest BCUT2D eigenvalue weighted by Crippen LogP contribution is 2.59. The summed E-state index contributed by atoms with van der Waals surface area (Å²) in [6.07, 6.45) is 0. The predicted molar refractivity (Wildman–Crippen MR) is 318 cm³/mol. The predicted octanol–water partition coefficient (Wildman–Crippen LogP) is 19.0. The zero-order valence-electron chi connectivity index (χ0n) is 41.6. The molecule has 0 radical (unpaired) electrons. The third kappa shape index (κ3) is 6.69. The summed E-state index contributed by atoms with van der Waals surface area (Å²) in [6.45, 7) is 0. The fourth-order valence-electron chi connectivity index (χ4n) is 12.7. The van der Waals surface area contributed by atoms with Crippen molar-refractivity contribution in [1.82, 2.24) is 9.13 Å². The summed E-state index contributed by atoms with van der Waals surface area (Å²) in [6, 6.07) is 109. The molecule has 0 bridgehead atoms. The number of anilines is 3. The molecule has 0 unspecified atom stereocenters. The Bertz CT molecular complexity index is 4160. The normalized spacial score (nSPS) is 12.6. The first-order valence-electron chi connectivity index (χ1n) is 26.3. The Hall–Kier alpha value is -9.96. The fourth-order valence-corrected chi connectivity index (χ4v) is 12.7. The lowest BCUT2D eigenvalue weighted by molar-refractivity contribution is 0.768. The van der Waals surface area contributed by atoms with Crippen molar-refractivity contribution < 1.29 is 0 Å². The average molecular weight is 968 g/mol. The van der Waals surface area contributed by atoms with E-state index in [4.69, 9.17) is 0 Å². The van der Waals surface area contributed by atoms with E-state index >= 15 is 0 Å². The van der Waals surface area contributed by atoms with Crippen molar-refractivity contribution >= 4 is 60.7 Å². The molecule has 0 fully saturated rings. The van der Waals surface area contributed by atoms with Crippen LogP contribution in [0.4, 0.5) is 17.1 Å². The van der Waals surface area contributed by atoms with Gasteiger partial charge in [-0.25, -0.2) is 0 Å². The SMILES string of the molecule is c1ccc(C2(c3ccccc3)c3ccccc3-c3c(N(c4ccc(-c5cccc(-n6c7ccccc7c7ccccc76)c5)cc4)c4ccc(-c5cccc(-n6c7ccccc7c7ccccc76)c5)cc4)cccc32)cc1. The van der Waals surface area contributed by atoms with Gasteiger partial charge in [-0.05, 0) is 129 Å². The third-order valence-corrected chi connectivity index (χ3v) is 16.0. The summed E-state index contributed by atoms with van der Waals surface area (Å²) in [4.78, 5) is 2.47. The molecule has 0 saturated carbocycles. The molecule has 0 saturated heterocycles. The Balaban J connectivity index is 0.884. The first-order valence-corrected chi connectivity index (χ1v) is 26.3. The number of fused-ring (bicyclic) bond motifs is 9. The Labute approximate surface area is 442 Å². The number of aromatic nitrogens is 2. The lowest BCUT2D eigenvalue weighted by Gasteiger charge is -2.34. The summed E-state index contributed by atoms with van der Waals surface area (Å²) in [5.41, 5.74) is 22.0. The van der Waals surface area contributed by atoms with Crippen LogP contribution in [0.2, 0.25) is 0 Å². The van der Waals surface area contributed by atoms with Gasteiger partial charge >= 0.3 is 0 Å². The molecule has 0 amide bonds.